The van der Waals surface area contributed by atoms with Crippen LogP contribution in [0.1, 0.15) is 46.2 Å². The first-order valence-corrected chi connectivity index (χ1v) is 22.4. The maximum absolute atomic E-state index is 5.42. The minimum atomic E-state index is 0.237. The van der Waals surface area contributed by atoms with Gasteiger partial charge in [0.25, 0.3) is 0 Å². The number of hydrogen-bond acceptors (Lipinski definition) is 1. The van der Waals surface area contributed by atoms with Crippen molar-refractivity contribution in [3.63, 3.8) is 0 Å². The van der Waals surface area contributed by atoms with Gasteiger partial charge in [0.05, 0.1) is 11.1 Å². The quantitative estimate of drug-likeness (QED) is 0.112. The summed E-state index contributed by atoms with van der Waals surface area (Å²) in [6.07, 6.45) is 5.73. The number of rotatable bonds is 7. The summed E-state index contributed by atoms with van der Waals surface area (Å²) in [5, 5.41) is 8.66. The van der Waals surface area contributed by atoms with Gasteiger partial charge in [0.15, 0.2) is 0 Å². The minimum absolute atomic E-state index is 0.237. The van der Waals surface area contributed by atoms with Gasteiger partial charge in [0, 0.05) is 11.5 Å². The summed E-state index contributed by atoms with van der Waals surface area (Å²) in [4.78, 5) is 5.42. The fourth-order valence-corrected chi connectivity index (χ4v) is 9.80. The maximum Gasteiger partial charge on any atom is 0.0744 e. The number of aryl methyl sites for hydroxylation is 1. The molecule has 10 aromatic rings. The average molecular weight is 818 g/mol. The Morgan fingerprint density at radius 1 is 0.453 bits per heavy atom. The Morgan fingerprint density at radius 2 is 1.06 bits per heavy atom. The van der Waals surface area contributed by atoms with Crippen LogP contribution in [0, 0.1) is 6.92 Å². The van der Waals surface area contributed by atoms with Crippen LogP contribution in [-0.4, -0.2) is 0 Å². The van der Waals surface area contributed by atoms with E-state index in [1.54, 1.807) is 0 Å². The van der Waals surface area contributed by atoms with Crippen molar-refractivity contribution in [2.24, 2.45) is 4.99 Å². The molecule has 64 heavy (non-hydrogen) atoms. The summed E-state index contributed by atoms with van der Waals surface area (Å²) in [6, 6.07) is 79.6. The summed E-state index contributed by atoms with van der Waals surface area (Å²) in [5.74, 6) is 0.237. The molecule has 1 atom stereocenters. The van der Waals surface area contributed by atoms with Crippen LogP contribution in [-0.2, 0) is 6.42 Å². The summed E-state index contributed by atoms with van der Waals surface area (Å²) in [5.41, 5.74) is 16.8. The predicted octanol–water partition coefficient (Wildman–Crippen LogP) is 16.3. The third-order valence-electron chi connectivity index (χ3n) is 13.2. The van der Waals surface area contributed by atoms with Crippen LogP contribution in [0.5, 0.6) is 0 Å². The van der Waals surface area contributed by atoms with Gasteiger partial charge in [-0.2, -0.15) is 0 Å². The van der Waals surface area contributed by atoms with Gasteiger partial charge in [-0.05, 0) is 138 Å². The summed E-state index contributed by atoms with van der Waals surface area (Å²) in [7, 11) is 0. The van der Waals surface area contributed by atoms with E-state index in [4.69, 9.17) is 4.99 Å². The summed E-state index contributed by atoms with van der Waals surface area (Å²) < 4.78 is 0. The Morgan fingerprint density at radius 3 is 1.84 bits per heavy atom. The molecular weight excluding hydrogens is 771 g/mol. The molecule has 11 rings (SSSR count). The molecule has 0 bridgehead atoms. The van der Waals surface area contributed by atoms with E-state index < -0.39 is 0 Å². The van der Waals surface area contributed by atoms with Crippen molar-refractivity contribution in [2.45, 2.75) is 26.2 Å². The number of fused-ring (bicyclic) bond motifs is 4. The first-order valence-electron chi connectivity index (χ1n) is 22.4. The highest BCUT2D eigenvalue weighted by Gasteiger charge is 2.23. The van der Waals surface area contributed by atoms with Crippen molar-refractivity contribution in [3.05, 3.63) is 263 Å². The third-order valence-corrected chi connectivity index (χ3v) is 13.2. The van der Waals surface area contributed by atoms with E-state index in [1.165, 1.54) is 76.8 Å². The van der Waals surface area contributed by atoms with E-state index in [0.29, 0.717) is 0 Å². The van der Waals surface area contributed by atoms with Gasteiger partial charge in [0.1, 0.15) is 0 Å². The topological polar surface area (TPSA) is 12.4 Å². The largest absolute Gasteiger partial charge is 0.248 e. The van der Waals surface area contributed by atoms with Crippen LogP contribution in [0.25, 0.3) is 83.0 Å². The van der Waals surface area contributed by atoms with Crippen molar-refractivity contribution in [2.75, 3.05) is 0 Å². The fraction of sp³-hybridized carbons (Fsp3) is 0.0635. The van der Waals surface area contributed by atoms with Gasteiger partial charge in [-0.25, -0.2) is 4.99 Å². The number of hydrogen-bond donors (Lipinski definition) is 0. The lowest BCUT2D eigenvalue weighted by Gasteiger charge is -2.25. The van der Waals surface area contributed by atoms with Gasteiger partial charge < -0.3 is 0 Å². The molecule has 0 radical (unpaired) electrons. The molecule has 0 heterocycles. The Labute approximate surface area is 375 Å². The average Bonchev–Trinajstić information content (AvgIpc) is 3.55. The minimum Gasteiger partial charge on any atom is -0.248 e. The zero-order chi connectivity index (χ0) is 43.0. The van der Waals surface area contributed by atoms with Gasteiger partial charge in [-0.1, -0.05) is 212 Å². The van der Waals surface area contributed by atoms with Crippen LogP contribution < -0.4 is 5.36 Å². The van der Waals surface area contributed by atoms with Crippen LogP contribution in [0.15, 0.2) is 229 Å². The first-order chi connectivity index (χ1) is 31.6. The highest BCUT2D eigenvalue weighted by molar-refractivity contribution is 6.16. The van der Waals surface area contributed by atoms with E-state index in [-0.39, 0.29) is 5.92 Å². The molecule has 1 heteroatoms. The van der Waals surface area contributed by atoms with Crippen LogP contribution >= 0.6 is 0 Å². The fourth-order valence-electron chi connectivity index (χ4n) is 9.80. The Balaban J connectivity index is 1.04. The van der Waals surface area contributed by atoms with Gasteiger partial charge in [0.2, 0.25) is 0 Å². The molecule has 0 saturated carbocycles. The second-order valence-electron chi connectivity index (χ2n) is 17.1. The highest BCUT2D eigenvalue weighted by Crippen LogP contribution is 2.46. The normalized spacial score (nSPS) is 14.2. The van der Waals surface area contributed by atoms with Crippen molar-refractivity contribution in [3.8, 4) is 33.4 Å². The molecule has 0 amide bonds. The lowest BCUT2D eigenvalue weighted by Crippen LogP contribution is -2.07. The zero-order valence-electron chi connectivity index (χ0n) is 36.2. The number of nitrogens with zero attached hydrogens (tertiary/aromatic N) is 1. The Hall–Kier alpha value is -7.87. The third kappa shape index (κ3) is 7.36. The lowest BCUT2D eigenvalue weighted by molar-refractivity contribution is 0.841. The Bertz CT molecular complexity index is 3520. The van der Waals surface area contributed by atoms with Crippen LogP contribution in [0.3, 0.4) is 0 Å². The van der Waals surface area contributed by atoms with Crippen molar-refractivity contribution in [1.82, 2.24) is 0 Å². The summed E-state index contributed by atoms with van der Waals surface area (Å²) >= 11 is 0. The molecule has 1 aliphatic rings. The van der Waals surface area contributed by atoms with Crippen molar-refractivity contribution >= 4 is 49.7 Å². The van der Waals surface area contributed by atoms with E-state index >= 15 is 0 Å². The van der Waals surface area contributed by atoms with E-state index in [9.17, 15) is 0 Å². The smallest absolute Gasteiger partial charge is 0.0744 e. The second-order valence-corrected chi connectivity index (χ2v) is 17.1. The monoisotopic (exact) mass is 817 g/mol. The number of benzene rings is 9. The second kappa shape index (κ2) is 16.8. The molecule has 0 N–H and O–H groups in total. The molecule has 0 saturated heterocycles. The van der Waals surface area contributed by atoms with Crippen LogP contribution in [0.4, 0.5) is 0 Å². The summed E-state index contributed by atoms with van der Waals surface area (Å²) in [6.45, 7) is 4.32. The Kier molecular flexibility index (Phi) is 10.2. The van der Waals surface area contributed by atoms with Gasteiger partial charge >= 0.3 is 0 Å². The first kappa shape index (κ1) is 39.0. The maximum atomic E-state index is 5.42. The molecule has 10 aromatic carbocycles. The molecule has 0 fully saturated rings. The van der Waals surface area contributed by atoms with Gasteiger partial charge in [-0.15, -0.1) is 0 Å². The van der Waals surface area contributed by atoms with E-state index in [1.807, 2.05) is 0 Å². The molecule has 0 spiro atoms. The van der Waals surface area contributed by atoms with Crippen molar-refractivity contribution < 1.29 is 0 Å². The molecule has 0 aromatic heterocycles. The standard InChI is InChI=1S/C63H47N/c1-42-16-15-25-52(41-60(42)64-63(49-21-7-4-8-22-49)43(2)44-17-5-3-6-18-44)47-28-30-48(31-29-47)53-36-37-58-59(40-53)62(55-35-33-46-20-10-12-24-51(46)39-55)57-27-14-13-26-56(57)61(58)54-34-32-45-19-9-11-23-50(45)38-54/h3-38,40-41,55H,39H2,1-2H3/b63-43+,64-60?. The van der Waals surface area contributed by atoms with Crippen LogP contribution in [0.2, 0.25) is 0 Å². The molecule has 0 aliphatic heterocycles. The van der Waals surface area contributed by atoms with Crippen molar-refractivity contribution in [1.29, 1.82) is 0 Å². The zero-order valence-corrected chi connectivity index (χ0v) is 36.2. The van der Waals surface area contributed by atoms with Gasteiger partial charge in [-0.3, -0.25) is 0 Å². The molecule has 1 unspecified atom stereocenters. The SMILES string of the molecule is C/C(=C(\N=c1cc(-c2ccc(-c3ccc4c(-c5ccc6ccccc6c5)c5ccccc5c(C5C=Cc6ccccc6C5)c4c3)cc2)cccc1C)c1ccccc1)c1ccccc1. The van der Waals surface area contributed by atoms with E-state index in [2.05, 4.69) is 244 Å². The highest BCUT2D eigenvalue weighted by atomic mass is 14.7. The number of allylic oxidation sites excluding steroid dienone is 2. The van der Waals surface area contributed by atoms with E-state index in [0.717, 1.165) is 45.3 Å². The molecule has 1 nitrogen and oxygen atoms in total. The lowest BCUT2D eigenvalue weighted by atomic mass is 9.78. The predicted molar refractivity (Wildman–Crippen MR) is 273 cm³/mol. The molecular formula is C63H47N. The molecule has 304 valence electrons. The molecule has 1 aliphatic carbocycles.